The summed E-state index contributed by atoms with van der Waals surface area (Å²) in [5.41, 5.74) is 1.23. The Labute approximate surface area is 213 Å². The van der Waals surface area contributed by atoms with Gasteiger partial charge in [-0.3, -0.25) is 4.79 Å². The molecule has 2 rings (SSSR count). The summed E-state index contributed by atoms with van der Waals surface area (Å²) in [5, 5.41) is 0. The molecule has 1 aliphatic rings. The van der Waals surface area contributed by atoms with E-state index in [1.54, 1.807) is 6.92 Å². The first kappa shape index (κ1) is 29.2. The summed E-state index contributed by atoms with van der Waals surface area (Å²) >= 11 is 0. The fourth-order valence-electron chi connectivity index (χ4n) is 5.61. The van der Waals surface area contributed by atoms with E-state index in [1.165, 1.54) is 37.7 Å². The number of hydrogen-bond acceptors (Lipinski definition) is 4. The largest absolute Gasteiger partial charge is 0.425 e. The van der Waals surface area contributed by atoms with Crippen LogP contribution in [-0.2, 0) is 14.3 Å². The summed E-state index contributed by atoms with van der Waals surface area (Å²) in [6, 6.07) is 10.5. The minimum atomic E-state index is -0.885. The number of benzene rings is 1. The zero-order valence-electron chi connectivity index (χ0n) is 22.8. The second kappa shape index (κ2) is 15.9. The van der Waals surface area contributed by atoms with Gasteiger partial charge in [-0.1, -0.05) is 96.0 Å². The molecule has 0 aromatic heterocycles. The average Bonchev–Trinajstić information content (AvgIpc) is 3.27. The van der Waals surface area contributed by atoms with E-state index in [1.807, 2.05) is 17.9 Å². The SMILES string of the molecule is CCCCCCCCCC(=O)OC(C)OC(=O)N(CC)C(C1CCC(C)C1)C(C)c1ccccc1. The van der Waals surface area contributed by atoms with Gasteiger partial charge in [0.25, 0.3) is 0 Å². The maximum Gasteiger partial charge on any atom is 0.413 e. The predicted molar refractivity (Wildman–Crippen MR) is 142 cm³/mol. The van der Waals surface area contributed by atoms with E-state index in [9.17, 15) is 9.59 Å². The van der Waals surface area contributed by atoms with Gasteiger partial charge in [-0.05, 0) is 43.6 Å². The molecule has 1 aliphatic carbocycles. The number of nitrogens with zero attached hydrogens (tertiary/aromatic N) is 1. The van der Waals surface area contributed by atoms with Crippen LogP contribution in [0.2, 0.25) is 0 Å². The van der Waals surface area contributed by atoms with E-state index in [-0.39, 0.29) is 17.9 Å². The second-order valence-corrected chi connectivity index (χ2v) is 10.5. The Bertz CT molecular complexity index is 737. The van der Waals surface area contributed by atoms with Gasteiger partial charge < -0.3 is 14.4 Å². The van der Waals surface area contributed by atoms with Crippen molar-refractivity contribution in [2.24, 2.45) is 11.8 Å². The van der Waals surface area contributed by atoms with Crippen molar-refractivity contribution in [1.29, 1.82) is 0 Å². The minimum Gasteiger partial charge on any atom is -0.425 e. The van der Waals surface area contributed by atoms with E-state index in [4.69, 9.17) is 9.47 Å². The quantitative estimate of drug-likeness (QED) is 0.142. The Morgan fingerprint density at radius 2 is 1.60 bits per heavy atom. The van der Waals surface area contributed by atoms with Gasteiger partial charge in [0.05, 0.1) is 0 Å². The van der Waals surface area contributed by atoms with Gasteiger partial charge in [-0.25, -0.2) is 4.79 Å². The van der Waals surface area contributed by atoms with E-state index in [2.05, 4.69) is 45.0 Å². The molecule has 1 fully saturated rings. The van der Waals surface area contributed by atoms with Gasteiger partial charge in [-0.2, -0.15) is 0 Å². The fourth-order valence-corrected chi connectivity index (χ4v) is 5.61. The minimum absolute atomic E-state index is 0.0514. The van der Waals surface area contributed by atoms with Crippen LogP contribution in [0.4, 0.5) is 4.79 Å². The predicted octanol–water partition coefficient (Wildman–Crippen LogP) is 8.08. The van der Waals surface area contributed by atoms with Gasteiger partial charge in [0.15, 0.2) is 0 Å². The first-order valence-electron chi connectivity index (χ1n) is 14.1. The average molecular weight is 488 g/mol. The molecule has 0 saturated heterocycles. The number of carbonyl (C=O) groups is 2. The molecule has 5 heteroatoms. The molecule has 1 amide bonds. The molecule has 0 spiro atoms. The number of carbonyl (C=O) groups excluding carboxylic acids is 2. The summed E-state index contributed by atoms with van der Waals surface area (Å²) in [6.07, 6.45) is 10.6. The molecule has 1 aromatic carbocycles. The first-order valence-corrected chi connectivity index (χ1v) is 14.1. The molecule has 0 bridgehead atoms. The molecule has 1 aromatic rings. The lowest BCUT2D eigenvalue weighted by molar-refractivity contribution is -0.166. The molecule has 5 unspecified atom stereocenters. The third-order valence-corrected chi connectivity index (χ3v) is 7.54. The zero-order chi connectivity index (χ0) is 25.6. The van der Waals surface area contributed by atoms with Crippen LogP contribution < -0.4 is 0 Å². The van der Waals surface area contributed by atoms with Crippen LogP contribution in [0.3, 0.4) is 0 Å². The molecule has 0 aliphatic heterocycles. The monoisotopic (exact) mass is 487 g/mol. The molecule has 0 radical (unpaired) electrons. The smallest absolute Gasteiger partial charge is 0.413 e. The third-order valence-electron chi connectivity index (χ3n) is 7.54. The van der Waals surface area contributed by atoms with Crippen LogP contribution in [0, 0.1) is 11.8 Å². The number of likely N-dealkylation sites (N-methyl/N-ethyl adjacent to an activating group) is 1. The maximum absolute atomic E-state index is 13.3. The molecule has 35 heavy (non-hydrogen) atoms. The lowest BCUT2D eigenvalue weighted by Crippen LogP contribution is -2.48. The normalized spacial score (nSPS) is 20.1. The summed E-state index contributed by atoms with van der Waals surface area (Å²) < 4.78 is 11.1. The summed E-state index contributed by atoms with van der Waals surface area (Å²) in [6.45, 7) is 10.9. The second-order valence-electron chi connectivity index (χ2n) is 10.5. The van der Waals surface area contributed by atoms with Crippen molar-refractivity contribution in [3.05, 3.63) is 35.9 Å². The topological polar surface area (TPSA) is 55.8 Å². The maximum atomic E-state index is 13.3. The van der Waals surface area contributed by atoms with E-state index < -0.39 is 12.4 Å². The van der Waals surface area contributed by atoms with E-state index in [0.717, 1.165) is 32.1 Å². The molecular formula is C30H49NO4. The Balaban J connectivity index is 1.92. The van der Waals surface area contributed by atoms with Crippen LogP contribution in [0.1, 0.15) is 117 Å². The Hall–Kier alpha value is -2.04. The highest BCUT2D eigenvalue weighted by Gasteiger charge is 2.39. The Kier molecular flexibility index (Phi) is 13.2. The van der Waals surface area contributed by atoms with Crippen LogP contribution in [0.5, 0.6) is 0 Å². The highest BCUT2D eigenvalue weighted by Crippen LogP contribution is 2.40. The van der Waals surface area contributed by atoms with Gasteiger partial charge in [0.2, 0.25) is 6.29 Å². The summed E-state index contributed by atoms with van der Waals surface area (Å²) in [4.78, 5) is 27.4. The number of rotatable bonds is 15. The fraction of sp³-hybridized carbons (Fsp3) is 0.733. The number of hydrogen-bond donors (Lipinski definition) is 0. The van der Waals surface area contributed by atoms with Crippen molar-refractivity contribution in [1.82, 2.24) is 4.90 Å². The van der Waals surface area contributed by atoms with Gasteiger partial charge >= 0.3 is 12.1 Å². The number of ether oxygens (including phenoxy) is 2. The van der Waals surface area contributed by atoms with Crippen molar-refractivity contribution >= 4 is 12.1 Å². The lowest BCUT2D eigenvalue weighted by Gasteiger charge is -2.39. The number of amides is 1. The summed E-state index contributed by atoms with van der Waals surface area (Å²) in [7, 11) is 0. The molecular weight excluding hydrogens is 438 g/mol. The molecule has 5 nitrogen and oxygen atoms in total. The van der Waals surface area contributed by atoms with Crippen LogP contribution in [-0.4, -0.2) is 35.8 Å². The van der Waals surface area contributed by atoms with Crippen LogP contribution in [0.25, 0.3) is 0 Å². The summed E-state index contributed by atoms with van der Waals surface area (Å²) in [5.74, 6) is 1.00. The van der Waals surface area contributed by atoms with Crippen molar-refractivity contribution in [3.8, 4) is 0 Å². The number of esters is 1. The lowest BCUT2D eigenvalue weighted by atomic mass is 9.82. The van der Waals surface area contributed by atoms with Crippen molar-refractivity contribution in [3.63, 3.8) is 0 Å². The van der Waals surface area contributed by atoms with Gasteiger partial charge in [-0.15, -0.1) is 0 Å². The van der Waals surface area contributed by atoms with Crippen molar-refractivity contribution < 1.29 is 19.1 Å². The van der Waals surface area contributed by atoms with Crippen molar-refractivity contribution in [2.45, 2.75) is 123 Å². The van der Waals surface area contributed by atoms with Gasteiger partial charge in [0.1, 0.15) is 0 Å². The van der Waals surface area contributed by atoms with Gasteiger partial charge in [0, 0.05) is 31.8 Å². The standard InChI is InChI=1S/C30H49NO4/c1-6-8-9-10-11-12-16-19-28(32)34-25(5)35-30(33)31(7-2)29(27-21-20-23(3)22-27)24(4)26-17-14-13-15-18-26/h13-15,17-18,23-25,27,29H,6-12,16,19-22H2,1-5H3. The van der Waals surface area contributed by atoms with E-state index >= 15 is 0 Å². The number of unbranched alkanes of at least 4 members (excludes halogenated alkanes) is 6. The Morgan fingerprint density at radius 3 is 2.20 bits per heavy atom. The molecule has 1 saturated carbocycles. The highest BCUT2D eigenvalue weighted by molar-refractivity contribution is 5.71. The molecule has 198 valence electrons. The van der Waals surface area contributed by atoms with Crippen LogP contribution in [0.15, 0.2) is 30.3 Å². The van der Waals surface area contributed by atoms with Crippen molar-refractivity contribution in [2.75, 3.05) is 6.54 Å². The Morgan fingerprint density at radius 1 is 0.943 bits per heavy atom. The zero-order valence-corrected chi connectivity index (χ0v) is 22.8. The molecule has 5 atom stereocenters. The third kappa shape index (κ3) is 9.85. The molecule has 0 heterocycles. The molecule has 0 N–H and O–H groups in total. The first-order chi connectivity index (χ1) is 16.9. The van der Waals surface area contributed by atoms with Crippen LogP contribution >= 0.6 is 0 Å². The highest BCUT2D eigenvalue weighted by atomic mass is 16.7. The van der Waals surface area contributed by atoms with E-state index in [0.29, 0.717) is 24.8 Å².